The van der Waals surface area contributed by atoms with Crippen LogP contribution in [0.5, 0.6) is 0 Å². The summed E-state index contributed by atoms with van der Waals surface area (Å²) in [6.07, 6.45) is 4.09. The van der Waals surface area contributed by atoms with Crippen LogP contribution in [0.4, 0.5) is 0 Å². The Hall–Kier alpha value is -0.340. The summed E-state index contributed by atoms with van der Waals surface area (Å²) in [7, 11) is 0. The standard InChI is InChI=1S/C14H28N2/c1-12(2)9-15-10-14-7-5-6-8-16(14)11-13(3)4/h12,14-15H,3,5-11H2,1-2,4H3. The maximum Gasteiger partial charge on any atom is 0.0224 e. The first-order valence-corrected chi connectivity index (χ1v) is 6.68. The fourth-order valence-corrected chi connectivity index (χ4v) is 2.38. The van der Waals surface area contributed by atoms with E-state index in [0.717, 1.165) is 31.6 Å². The Labute approximate surface area is 101 Å². The molecule has 0 saturated carbocycles. The van der Waals surface area contributed by atoms with Crippen LogP contribution in [0.2, 0.25) is 0 Å². The van der Waals surface area contributed by atoms with Gasteiger partial charge in [-0.25, -0.2) is 0 Å². The van der Waals surface area contributed by atoms with Crippen LogP contribution in [0.1, 0.15) is 40.0 Å². The molecule has 1 fully saturated rings. The second-order valence-electron chi connectivity index (χ2n) is 5.63. The molecule has 1 unspecified atom stereocenters. The Kier molecular flexibility index (Phi) is 6.07. The largest absolute Gasteiger partial charge is 0.315 e. The molecule has 1 aliphatic rings. The molecule has 2 heteroatoms. The first-order chi connectivity index (χ1) is 7.59. The molecule has 2 nitrogen and oxygen atoms in total. The minimum Gasteiger partial charge on any atom is -0.315 e. The van der Waals surface area contributed by atoms with Gasteiger partial charge in [0.25, 0.3) is 0 Å². The summed E-state index contributed by atoms with van der Waals surface area (Å²) >= 11 is 0. The van der Waals surface area contributed by atoms with E-state index in [1.807, 2.05) is 0 Å². The number of likely N-dealkylation sites (tertiary alicyclic amines) is 1. The Morgan fingerprint density at radius 2 is 2.19 bits per heavy atom. The molecule has 0 aromatic heterocycles. The molecule has 0 amide bonds. The molecular weight excluding hydrogens is 196 g/mol. The van der Waals surface area contributed by atoms with Gasteiger partial charge in [-0.1, -0.05) is 32.4 Å². The highest BCUT2D eigenvalue weighted by Crippen LogP contribution is 2.17. The van der Waals surface area contributed by atoms with Crippen molar-refractivity contribution in [1.29, 1.82) is 0 Å². The van der Waals surface area contributed by atoms with Gasteiger partial charge in [-0.2, -0.15) is 0 Å². The lowest BCUT2D eigenvalue weighted by Crippen LogP contribution is -2.46. The lowest BCUT2D eigenvalue weighted by Gasteiger charge is -2.36. The molecular formula is C14H28N2. The zero-order valence-electron chi connectivity index (χ0n) is 11.3. The van der Waals surface area contributed by atoms with Gasteiger partial charge in [0.05, 0.1) is 0 Å². The van der Waals surface area contributed by atoms with Gasteiger partial charge in [0, 0.05) is 19.1 Å². The first-order valence-electron chi connectivity index (χ1n) is 6.68. The number of hydrogen-bond acceptors (Lipinski definition) is 2. The molecule has 1 aliphatic heterocycles. The molecule has 16 heavy (non-hydrogen) atoms. The summed E-state index contributed by atoms with van der Waals surface area (Å²) in [6.45, 7) is 15.3. The minimum absolute atomic E-state index is 0.726. The fraction of sp³-hybridized carbons (Fsp3) is 0.857. The van der Waals surface area contributed by atoms with Gasteiger partial charge in [-0.15, -0.1) is 0 Å². The van der Waals surface area contributed by atoms with E-state index < -0.39 is 0 Å². The van der Waals surface area contributed by atoms with E-state index in [1.54, 1.807) is 0 Å². The van der Waals surface area contributed by atoms with Crippen molar-refractivity contribution in [2.75, 3.05) is 26.2 Å². The van der Waals surface area contributed by atoms with Crippen molar-refractivity contribution >= 4 is 0 Å². The van der Waals surface area contributed by atoms with E-state index in [-0.39, 0.29) is 0 Å². The smallest absolute Gasteiger partial charge is 0.0224 e. The van der Waals surface area contributed by atoms with Crippen molar-refractivity contribution in [2.45, 2.75) is 46.1 Å². The van der Waals surface area contributed by atoms with Crippen molar-refractivity contribution in [2.24, 2.45) is 5.92 Å². The maximum absolute atomic E-state index is 4.03. The van der Waals surface area contributed by atoms with Crippen molar-refractivity contribution < 1.29 is 0 Å². The van der Waals surface area contributed by atoms with Crippen LogP contribution < -0.4 is 5.32 Å². The molecule has 1 rings (SSSR count). The monoisotopic (exact) mass is 224 g/mol. The SMILES string of the molecule is C=C(C)CN1CCCCC1CNCC(C)C. The second kappa shape index (κ2) is 7.08. The highest BCUT2D eigenvalue weighted by atomic mass is 15.2. The van der Waals surface area contributed by atoms with Crippen LogP contribution in [0.25, 0.3) is 0 Å². The molecule has 0 radical (unpaired) electrons. The van der Waals surface area contributed by atoms with Gasteiger partial charge in [0.2, 0.25) is 0 Å². The second-order valence-corrected chi connectivity index (χ2v) is 5.63. The van der Waals surface area contributed by atoms with E-state index in [0.29, 0.717) is 0 Å². The molecule has 0 bridgehead atoms. The number of piperidine rings is 1. The minimum atomic E-state index is 0.726. The van der Waals surface area contributed by atoms with E-state index in [2.05, 4.69) is 37.6 Å². The van der Waals surface area contributed by atoms with Crippen LogP contribution >= 0.6 is 0 Å². The summed E-state index contributed by atoms with van der Waals surface area (Å²) in [4.78, 5) is 2.60. The molecule has 1 heterocycles. The summed E-state index contributed by atoms with van der Waals surface area (Å²) in [6, 6.07) is 0.726. The van der Waals surface area contributed by atoms with E-state index in [1.165, 1.54) is 31.4 Å². The number of rotatable bonds is 6. The Bertz CT molecular complexity index is 211. The summed E-state index contributed by atoms with van der Waals surface area (Å²) < 4.78 is 0. The molecule has 1 atom stereocenters. The van der Waals surface area contributed by atoms with Crippen molar-refractivity contribution in [3.8, 4) is 0 Å². The van der Waals surface area contributed by atoms with Gasteiger partial charge in [0.1, 0.15) is 0 Å². The van der Waals surface area contributed by atoms with Crippen molar-refractivity contribution in [3.05, 3.63) is 12.2 Å². The third-order valence-electron chi connectivity index (χ3n) is 3.15. The van der Waals surface area contributed by atoms with Crippen molar-refractivity contribution in [1.82, 2.24) is 10.2 Å². The quantitative estimate of drug-likeness (QED) is 0.698. The predicted octanol–water partition coefficient (Wildman–Crippen LogP) is 2.66. The third kappa shape index (κ3) is 5.13. The van der Waals surface area contributed by atoms with Crippen LogP contribution in [0, 0.1) is 5.92 Å². The average molecular weight is 224 g/mol. The molecule has 0 aliphatic carbocycles. The molecule has 94 valence electrons. The number of hydrogen-bond donors (Lipinski definition) is 1. The number of nitrogens with one attached hydrogen (secondary N) is 1. The van der Waals surface area contributed by atoms with E-state index >= 15 is 0 Å². The van der Waals surface area contributed by atoms with Gasteiger partial charge >= 0.3 is 0 Å². The number of nitrogens with zero attached hydrogens (tertiary/aromatic N) is 1. The van der Waals surface area contributed by atoms with E-state index in [9.17, 15) is 0 Å². The Morgan fingerprint density at radius 3 is 2.81 bits per heavy atom. The Balaban J connectivity index is 2.31. The molecule has 1 saturated heterocycles. The van der Waals surface area contributed by atoms with E-state index in [4.69, 9.17) is 0 Å². The van der Waals surface area contributed by atoms with Crippen molar-refractivity contribution in [3.63, 3.8) is 0 Å². The van der Waals surface area contributed by atoms with Gasteiger partial charge in [-0.05, 0) is 38.8 Å². The van der Waals surface area contributed by atoms with Crippen LogP contribution in [-0.4, -0.2) is 37.1 Å². The third-order valence-corrected chi connectivity index (χ3v) is 3.15. The first kappa shape index (κ1) is 13.7. The highest BCUT2D eigenvalue weighted by molar-refractivity contribution is 4.94. The highest BCUT2D eigenvalue weighted by Gasteiger charge is 2.21. The topological polar surface area (TPSA) is 15.3 Å². The summed E-state index contributed by atoms with van der Waals surface area (Å²) in [5.74, 6) is 0.748. The van der Waals surface area contributed by atoms with Crippen LogP contribution in [0.15, 0.2) is 12.2 Å². The predicted molar refractivity (Wildman–Crippen MR) is 71.7 cm³/mol. The zero-order valence-corrected chi connectivity index (χ0v) is 11.3. The molecule has 0 spiro atoms. The molecule has 1 N–H and O–H groups in total. The Morgan fingerprint density at radius 1 is 1.44 bits per heavy atom. The summed E-state index contributed by atoms with van der Waals surface area (Å²) in [5, 5.41) is 3.59. The molecule has 0 aromatic carbocycles. The lowest BCUT2D eigenvalue weighted by molar-refractivity contribution is 0.157. The van der Waals surface area contributed by atoms with Gasteiger partial charge in [0.15, 0.2) is 0 Å². The fourth-order valence-electron chi connectivity index (χ4n) is 2.38. The van der Waals surface area contributed by atoms with Gasteiger partial charge in [-0.3, -0.25) is 4.90 Å². The van der Waals surface area contributed by atoms with Crippen LogP contribution in [0.3, 0.4) is 0 Å². The van der Waals surface area contributed by atoms with Crippen LogP contribution in [-0.2, 0) is 0 Å². The normalized spacial score (nSPS) is 22.6. The average Bonchev–Trinajstić information content (AvgIpc) is 2.19. The summed E-state index contributed by atoms with van der Waals surface area (Å²) in [5.41, 5.74) is 1.29. The molecule has 0 aromatic rings. The van der Waals surface area contributed by atoms with Gasteiger partial charge < -0.3 is 5.32 Å². The maximum atomic E-state index is 4.03. The lowest BCUT2D eigenvalue weighted by atomic mass is 10.0. The zero-order chi connectivity index (χ0) is 12.0.